The van der Waals surface area contributed by atoms with Crippen LogP contribution in [0.15, 0.2) is 54.7 Å². The van der Waals surface area contributed by atoms with Gasteiger partial charge in [0.15, 0.2) is 0 Å². The van der Waals surface area contributed by atoms with Gasteiger partial charge in [0.2, 0.25) is 5.95 Å². The highest BCUT2D eigenvalue weighted by Crippen LogP contribution is 2.35. The fourth-order valence-corrected chi connectivity index (χ4v) is 2.60. The van der Waals surface area contributed by atoms with Crippen LogP contribution in [0.3, 0.4) is 0 Å². The maximum absolute atomic E-state index is 13.4. The van der Waals surface area contributed by atoms with Crippen molar-refractivity contribution in [3.05, 3.63) is 65.3 Å². The summed E-state index contributed by atoms with van der Waals surface area (Å²) in [6.07, 6.45) is -2.97. The van der Waals surface area contributed by atoms with E-state index in [4.69, 9.17) is 16.3 Å². The van der Waals surface area contributed by atoms with Crippen LogP contribution in [-0.4, -0.2) is 16.1 Å². The molecule has 158 valence electrons. The van der Waals surface area contributed by atoms with Gasteiger partial charge < -0.3 is 15.4 Å². The average molecular weight is 437 g/mol. The third-order valence-electron chi connectivity index (χ3n) is 4.22. The van der Waals surface area contributed by atoms with E-state index in [0.29, 0.717) is 22.1 Å². The number of hydrogen-bond acceptors (Lipinski definition) is 5. The molecule has 0 amide bonds. The molecule has 2 aromatic carbocycles. The average Bonchev–Trinajstić information content (AvgIpc) is 2.70. The van der Waals surface area contributed by atoms with E-state index in [1.807, 2.05) is 13.8 Å². The van der Waals surface area contributed by atoms with Gasteiger partial charge in [-0.2, -0.15) is 18.2 Å². The molecule has 1 atom stereocenters. The Labute approximate surface area is 177 Å². The topological polar surface area (TPSA) is 59.1 Å². The predicted molar refractivity (Wildman–Crippen MR) is 112 cm³/mol. The summed E-state index contributed by atoms with van der Waals surface area (Å²) in [6.45, 7) is 3.95. The number of halogens is 4. The van der Waals surface area contributed by atoms with Crippen molar-refractivity contribution in [1.82, 2.24) is 9.97 Å². The molecule has 0 aliphatic carbocycles. The number of aromatic nitrogens is 2. The Morgan fingerprint density at radius 3 is 2.20 bits per heavy atom. The first kappa shape index (κ1) is 21.7. The molecule has 2 N–H and O–H groups in total. The smallest absolute Gasteiger partial charge is 0.421 e. The molecule has 9 heteroatoms. The van der Waals surface area contributed by atoms with Crippen LogP contribution in [0.5, 0.6) is 5.75 Å². The zero-order valence-electron chi connectivity index (χ0n) is 16.3. The standard InChI is InChI=1S/C21H20ClF3N4O/c1-3-13(2)30-17-10-8-15(9-11-17)27-19-18(21(23,24)25)12-26-20(29-19)28-16-6-4-14(22)5-7-16/h4-13H,3H2,1-2H3,(H2,26,27,28,29). The highest BCUT2D eigenvalue weighted by atomic mass is 35.5. The molecule has 0 spiro atoms. The van der Waals surface area contributed by atoms with Crippen LogP contribution in [0.1, 0.15) is 25.8 Å². The fourth-order valence-electron chi connectivity index (χ4n) is 2.48. The summed E-state index contributed by atoms with van der Waals surface area (Å²) >= 11 is 5.85. The van der Waals surface area contributed by atoms with E-state index < -0.39 is 11.7 Å². The Hall–Kier alpha value is -3.00. The lowest BCUT2D eigenvalue weighted by atomic mass is 10.2. The third-order valence-corrected chi connectivity index (χ3v) is 4.48. The Morgan fingerprint density at radius 1 is 1.00 bits per heavy atom. The van der Waals surface area contributed by atoms with Crippen molar-refractivity contribution in [1.29, 1.82) is 0 Å². The van der Waals surface area contributed by atoms with Gasteiger partial charge in [0.1, 0.15) is 17.1 Å². The maximum atomic E-state index is 13.4. The molecule has 5 nitrogen and oxygen atoms in total. The summed E-state index contributed by atoms with van der Waals surface area (Å²) in [7, 11) is 0. The van der Waals surface area contributed by atoms with Crippen LogP contribution in [0, 0.1) is 0 Å². The van der Waals surface area contributed by atoms with Crippen LogP contribution in [0.2, 0.25) is 5.02 Å². The molecule has 3 rings (SSSR count). The molecule has 0 aliphatic rings. The molecule has 30 heavy (non-hydrogen) atoms. The van der Waals surface area contributed by atoms with Gasteiger partial charge in [0.25, 0.3) is 0 Å². The molecule has 0 aliphatic heterocycles. The molecule has 1 unspecified atom stereocenters. The molecule has 0 radical (unpaired) electrons. The van der Waals surface area contributed by atoms with E-state index >= 15 is 0 Å². The van der Waals surface area contributed by atoms with E-state index in [0.717, 1.165) is 12.6 Å². The fraction of sp³-hybridized carbons (Fsp3) is 0.238. The van der Waals surface area contributed by atoms with Gasteiger partial charge in [0, 0.05) is 22.6 Å². The third kappa shape index (κ3) is 5.76. The lowest BCUT2D eigenvalue weighted by Gasteiger charge is -2.16. The SMILES string of the molecule is CCC(C)Oc1ccc(Nc2nc(Nc3ccc(Cl)cc3)ncc2C(F)(F)F)cc1. The van der Waals surface area contributed by atoms with Crippen LogP contribution in [0.25, 0.3) is 0 Å². The minimum absolute atomic E-state index is 0.0181. The zero-order valence-corrected chi connectivity index (χ0v) is 17.1. The van der Waals surface area contributed by atoms with Gasteiger partial charge in [-0.1, -0.05) is 18.5 Å². The molecule has 1 heterocycles. The maximum Gasteiger partial charge on any atom is 0.421 e. The van der Waals surface area contributed by atoms with Gasteiger partial charge in [-0.15, -0.1) is 0 Å². The molecule has 0 fully saturated rings. The normalized spacial score (nSPS) is 12.3. The number of rotatable bonds is 7. The summed E-state index contributed by atoms with van der Waals surface area (Å²) < 4.78 is 46.0. The van der Waals surface area contributed by atoms with E-state index in [2.05, 4.69) is 20.6 Å². The Kier molecular flexibility index (Phi) is 6.66. The first-order valence-corrected chi connectivity index (χ1v) is 9.63. The van der Waals surface area contributed by atoms with Crippen molar-refractivity contribution in [3.8, 4) is 5.75 Å². The van der Waals surface area contributed by atoms with Crippen molar-refractivity contribution >= 4 is 34.7 Å². The Morgan fingerprint density at radius 2 is 1.60 bits per heavy atom. The largest absolute Gasteiger partial charge is 0.491 e. The first-order chi connectivity index (χ1) is 14.2. The monoisotopic (exact) mass is 436 g/mol. The number of anilines is 4. The van der Waals surface area contributed by atoms with Crippen molar-refractivity contribution in [3.63, 3.8) is 0 Å². The van der Waals surface area contributed by atoms with Crippen LogP contribution in [0.4, 0.5) is 36.3 Å². The minimum Gasteiger partial charge on any atom is -0.491 e. The van der Waals surface area contributed by atoms with E-state index in [1.54, 1.807) is 48.5 Å². The van der Waals surface area contributed by atoms with Gasteiger partial charge in [-0.3, -0.25) is 0 Å². The molecular weight excluding hydrogens is 417 g/mol. The Bertz CT molecular complexity index is 979. The van der Waals surface area contributed by atoms with E-state index in [-0.39, 0.29) is 17.9 Å². The highest BCUT2D eigenvalue weighted by Gasteiger charge is 2.35. The molecule has 0 saturated carbocycles. The lowest BCUT2D eigenvalue weighted by molar-refractivity contribution is -0.137. The van der Waals surface area contributed by atoms with Crippen molar-refractivity contribution < 1.29 is 17.9 Å². The number of alkyl halides is 3. The predicted octanol–water partition coefficient (Wildman–Crippen LogP) is 6.81. The number of ether oxygens (including phenoxy) is 1. The summed E-state index contributed by atoms with van der Waals surface area (Å²) in [6, 6.07) is 13.3. The second kappa shape index (κ2) is 9.21. The highest BCUT2D eigenvalue weighted by molar-refractivity contribution is 6.30. The Balaban J connectivity index is 1.84. The van der Waals surface area contributed by atoms with Crippen LogP contribution >= 0.6 is 11.6 Å². The van der Waals surface area contributed by atoms with Gasteiger partial charge >= 0.3 is 6.18 Å². The zero-order chi connectivity index (χ0) is 21.7. The van der Waals surface area contributed by atoms with Gasteiger partial charge in [-0.25, -0.2) is 4.98 Å². The molecule has 0 saturated heterocycles. The van der Waals surface area contributed by atoms with E-state index in [9.17, 15) is 13.2 Å². The summed E-state index contributed by atoms with van der Waals surface area (Å²) in [5, 5.41) is 6.12. The van der Waals surface area contributed by atoms with Crippen LogP contribution < -0.4 is 15.4 Å². The second-order valence-electron chi connectivity index (χ2n) is 6.57. The number of nitrogens with zero attached hydrogens (tertiary/aromatic N) is 2. The number of nitrogens with one attached hydrogen (secondary N) is 2. The number of hydrogen-bond donors (Lipinski definition) is 2. The first-order valence-electron chi connectivity index (χ1n) is 9.25. The molecule has 1 aromatic heterocycles. The second-order valence-corrected chi connectivity index (χ2v) is 7.01. The quantitative estimate of drug-likeness (QED) is 0.426. The summed E-state index contributed by atoms with van der Waals surface area (Å²) in [4.78, 5) is 7.80. The van der Waals surface area contributed by atoms with Crippen molar-refractivity contribution in [2.24, 2.45) is 0 Å². The molecule has 0 bridgehead atoms. The summed E-state index contributed by atoms with van der Waals surface area (Å²) in [5.74, 6) is 0.299. The molecular formula is C21H20ClF3N4O. The van der Waals surface area contributed by atoms with Crippen molar-refractivity contribution in [2.75, 3.05) is 10.6 Å². The minimum atomic E-state index is -4.61. The van der Waals surface area contributed by atoms with Gasteiger partial charge in [0.05, 0.1) is 6.10 Å². The lowest BCUT2D eigenvalue weighted by Crippen LogP contribution is -2.12. The van der Waals surface area contributed by atoms with E-state index in [1.165, 1.54) is 0 Å². The summed E-state index contributed by atoms with van der Waals surface area (Å²) in [5.41, 5.74) is 0.0638. The van der Waals surface area contributed by atoms with Crippen molar-refractivity contribution in [2.45, 2.75) is 32.5 Å². The van der Waals surface area contributed by atoms with Crippen LogP contribution in [-0.2, 0) is 6.18 Å². The molecule has 3 aromatic rings. The number of benzene rings is 2. The van der Waals surface area contributed by atoms with Gasteiger partial charge in [-0.05, 0) is 61.9 Å².